The van der Waals surface area contributed by atoms with Gasteiger partial charge in [-0.25, -0.2) is 4.57 Å². The summed E-state index contributed by atoms with van der Waals surface area (Å²) in [5.41, 5.74) is 0. The van der Waals surface area contributed by atoms with E-state index in [1.54, 1.807) is 0 Å². The third-order valence-corrected chi connectivity index (χ3v) is 17.8. The van der Waals surface area contributed by atoms with E-state index in [1.807, 2.05) is 0 Å². The van der Waals surface area contributed by atoms with Crippen molar-refractivity contribution in [2.75, 3.05) is 33.0 Å². The lowest BCUT2D eigenvalue weighted by atomic mass is 9.84. The molecule has 3 saturated heterocycles. The first-order valence-electron chi connectivity index (χ1n) is 33.2. The van der Waals surface area contributed by atoms with E-state index in [2.05, 4.69) is 38.2 Å². The van der Waals surface area contributed by atoms with Crippen LogP contribution in [-0.2, 0) is 61.1 Å². The fraction of sp³-hybridized carbons (Fsp3) is 0.903. The fourth-order valence-electron chi connectivity index (χ4n) is 11.1. The maximum absolute atomic E-state index is 14.3. The monoisotopic (exact) mass is 1330 g/mol. The van der Waals surface area contributed by atoms with Gasteiger partial charge >= 0.3 is 19.8 Å². The Kier molecular flexibility index (Phi) is 39.7. The van der Waals surface area contributed by atoms with Crippen molar-refractivity contribution in [2.45, 2.75) is 322 Å². The molecule has 0 aromatic rings. The third kappa shape index (κ3) is 28.0. The SMILES string of the molecule is CCCCCC/C=C\CCCCCCCC(=O)O[C@H](COC(=O)CCCCCCC/C=C\CCCCCCCCC)COP(=O)(O)O[C@@H]1C(O[C@@H]2OC(CO[C@@H]3OC(CO)[C@H](O)C(O)[C@@H]3O)[C@H](O)C(O)[C@@H]2O)C(O)[C@@H](O)C(O)[C@H]1O[C@H]1OC(CO)[C@@H](O)C(O)[C@H]1O. The molecule has 1 aliphatic carbocycles. The van der Waals surface area contributed by atoms with Crippen LogP contribution in [0.3, 0.4) is 0 Å². The zero-order chi connectivity index (χ0) is 66.9. The van der Waals surface area contributed by atoms with Gasteiger partial charge in [-0.1, -0.05) is 134 Å². The van der Waals surface area contributed by atoms with Crippen LogP contribution in [0.4, 0.5) is 0 Å². The Morgan fingerprint density at radius 3 is 1.24 bits per heavy atom. The Morgan fingerprint density at radius 2 is 0.791 bits per heavy atom. The number of hydrogen-bond acceptors (Lipinski definition) is 27. The van der Waals surface area contributed by atoms with E-state index in [1.165, 1.54) is 70.6 Å². The standard InChI is InChI=1S/C62H111O28P/c1-3-5-7-9-11-13-15-17-18-19-21-22-24-26-28-30-32-43(65)81-36-39(84-44(66)33-31-29-27-25-23-20-16-14-12-10-8-6-4-2)37-83-91(79,80)90-59-57(88-61-55(77)49(71)46(68)41(35-64)86-61)52(74)51(73)53(75)58(59)89-62-56(78)50(72)47(69)42(87-62)38-82-60-54(76)48(70)45(67)40(34-63)85-60/h14,16,18-19,39-42,45-64,67-78H,3-13,15,17,20-38H2,1-2H3,(H,79,80)/b16-14-,19-18-/t39-,40?,41?,42?,45+,46-,47+,48?,49?,50?,51+,52?,53?,54+,55-,56+,57-,58?,59+,60-,61-,62+/m1/s1. The van der Waals surface area contributed by atoms with E-state index in [0.717, 1.165) is 70.6 Å². The molecule has 23 atom stereocenters. The van der Waals surface area contributed by atoms with Gasteiger partial charge in [0, 0.05) is 12.8 Å². The average molecular weight is 1340 g/mol. The summed E-state index contributed by atoms with van der Waals surface area (Å²) in [7, 11) is -5.76. The second kappa shape index (κ2) is 44.5. The molecular formula is C62H111O28P. The third-order valence-electron chi connectivity index (χ3n) is 16.8. The Hall–Kier alpha value is -2.27. The number of phosphoric ester groups is 1. The number of unbranched alkanes of at least 4 members (excludes halogenated alkanes) is 21. The van der Waals surface area contributed by atoms with Gasteiger partial charge < -0.3 is 114 Å². The molecule has 0 aromatic carbocycles. The molecule has 4 rings (SSSR count). The summed E-state index contributed by atoms with van der Waals surface area (Å²) in [5.74, 6) is -1.42. The van der Waals surface area contributed by atoms with Crippen LogP contribution in [0, 0.1) is 0 Å². The van der Waals surface area contributed by atoms with Gasteiger partial charge in [0.05, 0.1) is 26.4 Å². The highest BCUT2D eigenvalue weighted by molar-refractivity contribution is 7.47. The molecule has 4 aliphatic rings. The number of aliphatic hydroxyl groups is 14. The quantitative estimate of drug-likeness (QED) is 0.0179. The van der Waals surface area contributed by atoms with Gasteiger partial charge in [0.15, 0.2) is 25.0 Å². The first-order chi connectivity index (χ1) is 43.6. The van der Waals surface area contributed by atoms with Gasteiger partial charge in [0.2, 0.25) is 0 Å². The molecular weight excluding hydrogens is 1220 g/mol. The lowest BCUT2D eigenvalue weighted by Gasteiger charge is -2.49. The molecule has 532 valence electrons. The van der Waals surface area contributed by atoms with Gasteiger partial charge in [-0.2, -0.15) is 0 Å². The van der Waals surface area contributed by atoms with Crippen molar-refractivity contribution in [3.05, 3.63) is 24.3 Å². The van der Waals surface area contributed by atoms with Crippen LogP contribution in [0.25, 0.3) is 0 Å². The molecule has 0 spiro atoms. The molecule has 0 radical (unpaired) electrons. The van der Waals surface area contributed by atoms with Crippen LogP contribution >= 0.6 is 7.82 Å². The van der Waals surface area contributed by atoms with Crippen molar-refractivity contribution in [3.8, 4) is 0 Å². The van der Waals surface area contributed by atoms with E-state index in [9.17, 15) is 90.5 Å². The van der Waals surface area contributed by atoms with E-state index < -0.39 is 188 Å². The molecule has 10 unspecified atom stereocenters. The highest BCUT2D eigenvalue weighted by atomic mass is 31.2. The summed E-state index contributed by atoms with van der Waals surface area (Å²) < 4.78 is 69.8. The molecule has 4 fully saturated rings. The van der Waals surface area contributed by atoms with Crippen LogP contribution in [-0.4, -0.2) is 256 Å². The zero-order valence-electron chi connectivity index (χ0n) is 53.1. The summed E-state index contributed by atoms with van der Waals surface area (Å²) >= 11 is 0. The molecule has 15 N–H and O–H groups in total. The van der Waals surface area contributed by atoms with Crippen molar-refractivity contribution in [1.82, 2.24) is 0 Å². The lowest BCUT2D eigenvalue weighted by Crippen LogP contribution is -2.69. The first kappa shape index (κ1) is 81.2. The smallest absolute Gasteiger partial charge is 0.462 e. The molecule has 0 bridgehead atoms. The van der Waals surface area contributed by atoms with Crippen molar-refractivity contribution in [3.63, 3.8) is 0 Å². The Balaban J connectivity index is 1.48. The van der Waals surface area contributed by atoms with Gasteiger partial charge in [0.25, 0.3) is 0 Å². The van der Waals surface area contributed by atoms with Crippen LogP contribution in [0.1, 0.15) is 187 Å². The minimum Gasteiger partial charge on any atom is -0.462 e. The summed E-state index contributed by atoms with van der Waals surface area (Å²) in [5, 5.41) is 150. The topological polar surface area (TPSA) is 447 Å². The van der Waals surface area contributed by atoms with Gasteiger partial charge in [-0.15, -0.1) is 0 Å². The number of carbonyl (C=O) groups excluding carboxylic acids is 2. The van der Waals surface area contributed by atoms with Gasteiger partial charge in [-0.3, -0.25) is 18.6 Å². The summed E-state index contributed by atoms with van der Waals surface area (Å²) in [6.45, 7) is 0.0228. The number of ether oxygens (including phenoxy) is 8. The van der Waals surface area contributed by atoms with Crippen molar-refractivity contribution >= 4 is 19.8 Å². The van der Waals surface area contributed by atoms with E-state index in [-0.39, 0.29) is 12.8 Å². The highest BCUT2D eigenvalue weighted by Crippen LogP contribution is 2.49. The summed E-state index contributed by atoms with van der Waals surface area (Å²) in [6, 6.07) is 0. The largest absolute Gasteiger partial charge is 0.472 e. The average Bonchev–Trinajstić information content (AvgIpc) is 1.05. The Bertz CT molecular complexity index is 2060. The van der Waals surface area contributed by atoms with Crippen LogP contribution in [0.5, 0.6) is 0 Å². The van der Waals surface area contributed by atoms with Crippen LogP contribution in [0.2, 0.25) is 0 Å². The molecule has 1 saturated carbocycles. The molecule has 3 heterocycles. The summed E-state index contributed by atoms with van der Waals surface area (Å²) in [4.78, 5) is 37.9. The predicted octanol–water partition coefficient (Wildman–Crippen LogP) is 1.92. The van der Waals surface area contributed by atoms with Crippen LogP contribution < -0.4 is 0 Å². The number of hydrogen-bond donors (Lipinski definition) is 15. The Morgan fingerprint density at radius 1 is 0.429 bits per heavy atom. The van der Waals surface area contributed by atoms with E-state index >= 15 is 0 Å². The minimum atomic E-state index is -5.76. The number of esters is 2. The van der Waals surface area contributed by atoms with Crippen molar-refractivity contribution < 1.29 is 137 Å². The molecule has 0 aromatic heterocycles. The Labute approximate surface area is 535 Å². The second-order valence-electron chi connectivity index (χ2n) is 24.4. The normalized spacial score (nSPS) is 34.1. The van der Waals surface area contributed by atoms with Gasteiger partial charge in [-0.05, 0) is 64.2 Å². The zero-order valence-corrected chi connectivity index (χ0v) is 54.0. The summed E-state index contributed by atoms with van der Waals surface area (Å²) in [6.07, 6.45) is -11.2. The number of allylic oxidation sites excluding steroid dienone is 4. The number of carbonyl (C=O) groups is 2. The van der Waals surface area contributed by atoms with Crippen LogP contribution in [0.15, 0.2) is 24.3 Å². The van der Waals surface area contributed by atoms with E-state index in [0.29, 0.717) is 19.3 Å². The molecule has 91 heavy (non-hydrogen) atoms. The number of phosphoric acid groups is 1. The molecule has 28 nitrogen and oxygen atoms in total. The first-order valence-corrected chi connectivity index (χ1v) is 34.7. The number of rotatable bonds is 46. The lowest BCUT2D eigenvalue weighted by molar-refractivity contribution is -0.364. The van der Waals surface area contributed by atoms with Crippen molar-refractivity contribution in [1.29, 1.82) is 0 Å². The van der Waals surface area contributed by atoms with E-state index in [4.69, 9.17) is 46.9 Å². The fourth-order valence-corrected chi connectivity index (χ4v) is 12.1. The predicted molar refractivity (Wildman–Crippen MR) is 324 cm³/mol. The van der Waals surface area contributed by atoms with Crippen molar-refractivity contribution in [2.24, 2.45) is 0 Å². The maximum atomic E-state index is 14.3. The minimum absolute atomic E-state index is 0.00699. The maximum Gasteiger partial charge on any atom is 0.472 e. The second-order valence-corrected chi connectivity index (χ2v) is 25.8. The molecule has 3 aliphatic heterocycles. The number of aliphatic hydroxyl groups excluding tert-OH is 14. The highest BCUT2D eigenvalue weighted by Gasteiger charge is 2.58. The molecule has 29 heteroatoms. The molecule has 0 amide bonds. The van der Waals surface area contributed by atoms with Gasteiger partial charge in [0.1, 0.15) is 116 Å².